The highest BCUT2D eigenvalue weighted by molar-refractivity contribution is 7.89. The van der Waals surface area contributed by atoms with Gasteiger partial charge in [0.2, 0.25) is 10.0 Å². The van der Waals surface area contributed by atoms with Crippen LogP contribution in [0.15, 0.2) is 45.9 Å². The molecule has 0 unspecified atom stereocenters. The molecule has 2 heterocycles. The highest BCUT2D eigenvalue weighted by Gasteiger charge is 2.18. The summed E-state index contributed by atoms with van der Waals surface area (Å²) < 4.78 is 34.9. The first kappa shape index (κ1) is 21.0. The van der Waals surface area contributed by atoms with Crippen LogP contribution in [0.25, 0.3) is 0 Å². The van der Waals surface area contributed by atoms with Crippen molar-refractivity contribution in [2.24, 2.45) is 7.05 Å². The zero-order valence-electron chi connectivity index (χ0n) is 15.9. The van der Waals surface area contributed by atoms with Gasteiger partial charge in [-0.05, 0) is 49.0 Å². The molecule has 0 aliphatic carbocycles. The Morgan fingerprint density at radius 3 is 2.79 bits per heavy atom. The zero-order valence-corrected chi connectivity index (χ0v) is 17.6. The molecular formula is C18H21N5O4S2. The number of H-pyrrole nitrogens is 1. The van der Waals surface area contributed by atoms with E-state index >= 15 is 0 Å². The van der Waals surface area contributed by atoms with E-state index in [0.29, 0.717) is 40.4 Å². The lowest BCUT2D eigenvalue weighted by Crippen LogP contribution is -2.28. The van der Waals surface area contributed by atoms with Crippen LogP contribution in [0.3, 0.4) is 0 Å². The Bertz CT molecular complexity index is 1160. The minimum Gasteiger partial charge on any atom is -0.468 e. The second kappa shape index (κ2) is 8.72. The molecule has 154 valence electrons. The summed E-state index contributed by atoms with van der Waals surface area (Å²) in [6.45, 7) is 2.11. The van der Waals surface area contributed by atoms with E-state index in [1.54, 1.807) is 36.7 Å². The third kappa shape index (κ3) is 5.00. The van der Waals surface area contributed by atoms with Crippen molar-refractivity contribution in [2.75, 3.05) is 6.54 Å². The van der Waals surface area contributed by atoms with E-state index in [1.807, 2.05) is 0 Å². The summed E-state index contributed by atoms with van der Waals surface area (Å²) in [4.78, 5) is 12.6. The summed E-state index contributed by atoms with van der Waals surface area (Å²) in [6, 6.07) is 7.78. The van der Waals surface area contributed by atoms with Gasteiger partial charge >= 0.3 is 0 Å². The molecule has 2 aromatic heterocycles. The molecule has 0 aliphatic rings. The van der Waals surface area contributed by atoms with Crippen LogP contribution in [0.1, 0.15) is 27.5 Å². The average molecular weight is 436 g/mol. The Kier molecular flexibility index (Phi) is 6.30. The van der Waals surface area contributed by atoms with Gasteiger partial charge in [0.25, 0.3) is 5.91 Å². The number of hydrogen-bond acceptors (Lipinski definition) is 6. The van der Waals surface area contributed by atoms with Crippen LogP contribution < -0.4 is 10.0 Å². The first-order chi connectivity index (χ1) is 13.8. The molecule has 3 aromatic rings. The van der Waals surface area contributed by atoms with Crippen LogP contribution in [0, 0.1) is 11.7 Å². The van der Waals surface area contributed by atoms with E-state index in [1.165, 1.54) is 18.4 Å². The highest BCUT2D eigenvalue weighted by Crippen LogP contribution is 2.16. The molecule has 3 rings (SSSR count). The van der Waals surface area contributed by atoms with Crippen molar-refractivity contribution < 1.29 is 17.6 Å². The summed E-state index contributed by atoms with van der Waals surface area (Å²) in [5.74, 6) is 0.847. The third-order valence-corrected chi connectivity index (χ3v) is 6.15. The topological polar surface area (TPSA) is 122 Å². The van der Waals surface area contributed by atoms with E-state index in [0.717, 1.165) is 0 Å². The standard InChI is InChI=1S/C18H21N5O4S2/c1-12-5-6-14(29(25,26)20-11-13-4-3-9-27-13)10-15(12)17(24)19-8-7-16-21-22-18(28)23(16)2/h3-6,9-10,20H,7-8,11H2,1-2H3,(H,19,24)(H,22,28). The first-order valence-corrected chi connectivity index (χ1v) is 10.7. The number of aromatic amines is 1. The van der Waals surface area contributed by atoms with Crippen LogP contribution in [0.5, 0.6) is 0 Å². The maximum absolute atomic E-state index is 12.6. The van der Waals surface area contributed by atoms with Gasteiger partial charge in [0.1, 0.15) is 11.6 Å². The smallest absolute Gasteiger partial charge is 0.251 e. The average Bonchev–Trinajstić information content (AvgIpc) is 3.32. The number of furan rings is 1. The van der Waals surface area contributed by atoms with Gasteiger partial charge < -0.3 is 14.3 Å². The molecule has 29 heavy (non-hydrogen) atoms. The molecule has 0 bridgehead atoms. The molecule has 0 fully saturated rings. The molecule has 11 heteroatoms. The van der Waals surface area contributed by atoms with Gasteiger partial charge in [0, 0.05) is 25.6 Å². The second-order valence-corrected chi connectivity index (χ2v) is 8.54. The molecule has 0 atom stereocenters. The van der Waals surface area contributed by atoms with Gasteiger partial charge in [-0.2, -0.15) is 5.10 Å². The fourth-order valence-electron chi connectivity index (χ4n) is 2.66. The van der Waals surface area contributed by atoms with E-state index < -0.39 is 10.0 Å². The Morgan fingerprint density at radius 2 is 2.14 bits per heavy atom. The van der Waals surface area contributed by atoms with Crippen LogP contribution >= 0.6 is 12.2 Å². The monoisotopic (exact) mass is 435 g/mol. The summed E-state index contributed by atoms with van der Waals surface area (Å²) in [5, 5.41) is 9.56. The van der Waals surface area contributed by atoms with Gasteiger partial charge in [-0.3, -0.25) is 9.89 Å². The number of sulfonamides is 1. The molecule has 1 aromatic carbocycles. The highest BCUT2D eigenvalue weighted by atomic mass is 32.2. The normalized spacial score (nSPS) is 11.5. The number of nitrogens with zero attached hydrogens (tertiary/aromatic N) is 2. The fraction of sp³-hybridized carbons (Fsp3) is 0.278. The summed E-state index contributed by atoms with van der Waals surface area (Å²) in [5.41, 5.74) is 0.965. The lowest BCUT2D eigenvalue weighted by Gasteiger charge is -2.11. The van der Waals surface area contributed by atoms with Crippen LogP contribution in [0.2, 0.25) is 0 Å². The lowest BCUT2D eigenvalue weighted by atomic mass is 10.1. The predicted octanol–water partition coefficient (Wildman–Crippen LogP) is 1.83. The van der Waals surface area contributed by atoms with Gasteiger partial charge in [-0.15, -0.1) is 0 Å². The Balaban J connectivity index is 1.68. The fourth-order valence-corrected chi connectivity index (χ4v) is 3.83. The van der Waals surface area contributed by atoms with Crippen molar-refractivity contribution in [3.8, 4) is 0 Å². The van der Waals surface area contributed by atoms with Gasteiger partial charge in [-0.1, -0.05) is 6.07 Å². The van der Waals surface area contributed by atoms with Crippen molar-refractivity contribution in [3.63, 3.8) is 0 Å². The van der Waals surface area contributed by atoms with E-state index in [9.17, 15) is 13.2 Å². The summed E-state index contributed by atoms with van der Waals surface area (Å²) >= 11 is 5.06. The van der Waals surface area contributed by atoms with Crippen LogP contribution in [0.4, 0.5) is 0 Å². The van der Waals surface area contributed by atoms with Crippen molar-refractivity contribution in [3.05, 3.63) is 64.1 Å². The molecule has 9 nitrogen and oxygen atoms in total. The van der Waals surface area contributed by atoms with E-state index in [-0.39, 0.29) is 17.3 Å². The minimum atomic E-state index is -3.79. The SMILES string of the molecule is Cc1ccc(S(=O)(=O)NCc2ccco2)cc1C(=O)NCCc1n[nH]c(=S)n1C. The molecular weight excluding hydrogens is 414 g/mol. The molecule has 0 spiro atoms. The largest absolute Gasteiger partial charge is 0.468 e. The number of carbonyl (C=O) groups excluding carboxylic acids is 1. The van der Waals surface area contributed by atoms with Gasteiger partial charge in [-0.25, -0.2) is 13.1 Å². The number of amides is 1. The minimum absolute atomic E-state index is 0.00857. The van der Waals surface area contributed by atoms with Gasteiger partial charge in [0.05, 0.1) is 17.7 Å². The predicted molar refractivity (Wildman–Crippen MR) is 108 cm³/mol. The number of benzene rings is 1. The van der Waals surface area contributed by atoms with Crippen LogP contribution in [-0.2, 0) is 30.0 Å². The molecule has 1 amide bonds. The maximum atomic E-state index is 12.6. The zero-order chi connectivity index (χ0) is 21.0. The first-order valence-electron chi connectivity index (χ1n) is 8.79. The van der Waals surface area contributed by atoms with Crippen molar-refractivity contribution >= 4 is 28.1 Å². The lowest BCUT2D eigenvalue weighted by molar-refractivity contribution is 0.0953. The Labute approximate surface area is 173 Å². The van der Waals surface area contributed by atoms with Crippen LogP contribution in [-0.4, -0.2) is 35.6 Å². The Morgan fingerprint density at radius 1 is 1.34 bits per heavy atom. The third-order valence-electron chi connectivity index (χ3n) is 4.39. The number of carbonyl (C=O) groups is 1. The molecule has 0 radical (unpaired) electrons. The molecule has 3 N–H and O–H groups in total. The van der Waals surface area contributed by atoms with Crippen molar-refractivity contribution in [2.45, 2.75) is 24.8 Å². The Hall–Kier alpha value is -2.76. The van der Waals surface area contributed by atoms with E-state index in [4.69, 9.17) is 16.6 Å². The number of rotatable bonds is 8. The molecule has 0 saturated carbocycles. The molecule has 0 saturated heterocycles. The number of hydrogen-bond donors (Lipinski definition) is 3. The quantitative estimate of drug-likeness (QED) is 0.464. The maximum Gasteiger partial charge on any atom is 0.251 e. The number of nitrogens with one attached hydrogen (secondary N) is 3. The second-order valence-electron chi connectivity index (χ2n) is 6.39. The number of aromatic nitrogens is 3. The summed E-state index contributed by atoms with van der Waals surface area (Å²) in [7, 11) is -2.01. The molecule has 0 aliphatic heterocycles. The van der Waals surface area contributed by atoms with Gasteiger partial charge in [0.15, 0.2) is 4.77 Å². The van der Waals surface area contributed by atoms with E-state index in [2.05, 4.69) is 20.2 Å². The van der Waals surface area contributed by atoms with Crippen molar-refractivity contribution in [1.82, 2.24) is 24.8 Å². The number of aryl methyl sites for hydroxylation is 1. The van der Waals surface area contributed by atoms with Crippen molar-refractivity contribution in [1.29, 1.82) is 0 Å². The summed E-state index contributed by atoms with van der Waals surface area (Å²) in [6.07, 6.45) is 1.95.